The van der Waals surface area contributed by atoms with Crippen LogP contribution in [0.15, 0.2) is 17.7 Å². The van der Waals surface area contributed by atoms with E-state index in [1.54, 1.807) is 6.92 Å². The number of hydrogen-bond donors (Lipinski definition) is 2. The lowest BCUT2D eigenvalue weighted by Gasteiger charge is -2.44. The van der Waals surface area contributed by atoms with Gasteiger partial charge in [-0.25, -0.2) is 0 Å². The van der Waals surface area contributed by atoms with Gasteiger partial charge in [0.05, 0.1) is 5.56 Å². The van der Waals surface area contributed by atoms with Gasteiger partial charge in [-0.15, -0.1) is 0 Å². The molecule has 0 spiro atoms. The van der Waals surface area contributed by atoms with Gasteiger partial charge in [-0.3, -0.25) is 9.59 Å². The molecule has 27 heavy (non-hydrogen) atoms. The number of benzene rings is 1. The second kappa shape index (κ2) is 8.28. The average molecular weight is 373 g/mol. The van der Waals surface area contributed by atoms with Crippen LogP contribution in [0.25, 0.3) is 0 Å². The topological polar surface area (TPSA) is 74.6 Å². The van der Waals surface area contributed by atoms with Crippen molar-refractivity contribution < 1.29 is 19.8 Å². The Morgan fingerprint density at radius 1 is 1.33 bits per heavy atom. The number of Topliss-reactive ketones (excluding diaryl/α,β-unsaturated/α-hetero) is 1. The summed E-state index contributed by atoms with van der Waals surface area (Å²) in [6.45, 7) is 10.2. The Morgan fingerprint density at radius 2 is 2.00 bits per heavy atom. The number of carbonyl (C=O) groups is 2. The van der Waals surface area contributed by atoms with Gasteiger partial charge in [-0.2, -0.15) is 0 Å². The lowest BCUT2D eigenvalue weighted by Crippen LogP contribution is -2.41. The molecule has 1 saturated carbocycles. The first kappa shape index (κ1) is 21.2. The van der Waals surface area contributed by atoms with Gasteiger partial charge in [0.1, 0.15) is 17.3 Å². The lowest BCUT2D eigenvalue weighted by atomic mass is 9.59. The maximum atomic E-state index is 12.2. The van der Waals surface area contributed by atoms with Crippen molar-refractivity contribution in [3.05, 3.63) is 34.4 Å². The molecule has 0 heterocycles. The largest absolute Gasteiger partial charge is 0.508 e. The van der Waals surface area contributed by atoms with E-state index in [4.69, 9.17) is 0 Å². The molecule has 3 atom stereocenters. The van der Waals surface area contributed by atoms with Crippen LogP contribution in [-0.4, -0.2) is 22.3 Å². The number of phenolic OH excluding ortho intramolecular Hbond substituents is 2. The van der Waals surface area contributed by atoms with Crippen molar-refractivity contribution in [2.75, 3.05) is 0 Å². The van der Waals surface area contributed by atoms with Crippen LogP contribution in [0, 0.1) is 24.2 Å². The van der Waals surface area contributed by atoms with Crippen LogP contribution in [0.3, 0.4) is 0 Å². The third kappa shape index (κ3) is 4.26. The molecule has 1 aromatic rings. The van der Waals surface area contributed by atoms with E-state index in [-0.39, 0.29) is 28.4 Å². The molecule has 1 aliphatic rings. The van der Waals surface area contributed by atoms with Crippen LogP contribution in [0.2, 0.25) is 0 Å². The van der Waals surface area contributed by atoms with E-state index in [9.17, 15) is 19.8 Å². The molecular formula is C23H32O4. The van der Waals surface area contributed by atoms with Crippen molar-refractivity contribution in [1.29, 1.82) is 0 Å². The highest BCUT2D eigenvalue weighted by molar-refractivity contribution is 5.83. The van der Waals surface area contributed by atoms with Gasteiger partial charge in [-0.1, -0.05) is 32.4 Å². The van der Waals surface area contributed by atoms with E-state index in [0.717, 1.165) is 24.8 Å². The number of aryl methyl sites for hydroxylation is 1. The predicted octanol–water partition coefficient (Wildman–Crippen LogP) is 5.13. The van der Waals surface area contributed by atoms with E-state index in [1.165, 1.54) is 6.07 Å². The van der Waals surface area contributed by atoms with Crippen LogP contribution in [-0.2, 0) is 11.2 Å². The molecule has 0 saturated heterocycles. The first-order valence-electron chi connectivity index (χ1n) is 9.79. The summed E-state index contributed by atoms with van der Waals surface area (Å²) >= 11 is 0. The van der Waals surface area contributed by atoms with Crippen LogP contribution in [0.4, 0.5) is 0 Å². The molecule has 0 bridgehead atoms. The van der Waals surface area contributed by atoms with E-state index >= 15 is 0 Å². The number of rotatable bonds is 6. The van der Waals surface area contributed by atoms with E-state index < -0.39 is 0 Å². The number of carbonyl (C=O) groups excluding carboxylic acids is 2. The van der Waals surface area contributed by atoms with Gasteiger partial charge in [-0.05, 0) is 62.5 Å². The number of hydrogen-bond acceptors (Lipinski definition) is 4. The van der Waals surface area contributed by atoms with Crippen molar-refractivity contribution in [2.45, 2.75) is 66.7 Å². The van der Waals surface area contributed by atoms with E-state index in [0.29, 0.717) is 42.0 Å². The van der Waals surface area contributed by atoms with Gasteiger partial charge in [0, 0.05) is 17.9 Å². The predicted molar refractivity (Wildman–Crippen MR) is 107 cm³/mol. The first-order chi connectivity index (χ1) is 12.6. The van der Waals surface area contributed by atoms with Crippen molar-refractivity contribution in [2.24, 2.45) is 17.3 Å². The SMILES string of the molecule is CC(=CCc1c(O)cc(C)c(C=O)c1O)CC[C@]1(C)[C@H](C)CCC(=O)[C@@H]1C. The number of ketones is 1. The van der Waals surface area contributed by atoms with Gasteiger partial charge in [0.2, 0.25) is 0 Å². The summed E-state index contributed by atoms with van der Waals surface area (Å²) in [7, 11) is 0. The summed E-state index contributed by atoms with van der Waals surface area (Å²) < 4.78 is 0. The fourth-order valence-electron chi connectivity index (χ4n) is 4.20. The van der Waals surface area contributed by atoms with Gasteiger partial charge in [0.25, 0.3) is 0 Å². The Hall–Kier alpha value is -2.10. The molecule has 0 aliphatic heterocycles. The second-order valence-corrected chi connectivity index (χ2v) is 8.46. The highest BCUT2D eigenvalue weighted by Crippen LogP contribution is 2.47. The molecule has 2 rings (SSSR count). The molecule has 0 amide bonds. The summed E-state index contributed by atoms with van der Waals surface area (Å²) in [6.07, 6.45) is 6.43. The fourth-order valence-corrected chi connectivity index (χ4v) is 4.20. The highest BCUT2D eigenvalue weighted by Gasteiger charge is 2.42. The van der Waals surface area contributed by atoms with Crippen molar-refractivity contribution in [3.63, 3.8) is 0 Å². The zero-order valence-corrected chi connectivity index (χ0v) is 17.1. The van der Waals surface area contributed by atoms with Gasteiger partial charge < -0.3 is 10.2 Å². The molecular weight excluding hydrogens is 340 g/mol. The Bertz CT molecular complexity index is 762. The third-order valence-electron chi connectivity index (χ3n) is 6.88. The van der Waals surface area contributed by atoms with Crippen molar-refractivity contribution >= 4 is 12.1 Å². The van der Waals surface area contributed by atoms with Crippen molar-refractivity contribution in [3.8, 4) is 11.5 Å². The minimum atomic E-state index is -0.140. The molecule has 1 aromatic carbocycles. The van der Waals surface area contributed by atoms with E-state index in [1.807, 2.05) is 13.0 Å². The second-order valence-electron chi connectivity index (χ2n) is 8.46. The Morgan fingerprint density at radius 3 is 2.63 bits per heavy atom. The van der Waals surface area contributed by atoms with Gasteiger partial charge >= 0.3 is 0 Å². The molecule has 4 heteroatoms. The summed E-state index contributed by atoms with van der Waals surface area (Å²) in [5.41, 5.74) is 2.32. The van der Waals surface area contributed by atoms with Crippen molar-refractivity contribution in [1.82, 2.24) is 0 Å². The maximum Gasteiger partial charge on any atom is 0.154 e. The Kier molecular flexibility index (Phi) is 6.50. The monoisotopic (exact) mass is 372 g/mol. The molecule has 0 unspecified atom stereocenters. The standard InChI is InChI=1S/C23H32O4/c1-14(10-11-23(5)16(3)7-9-20(25)17(23)4)6-8-18-21(26)12-15(2)19(13-24)22(18)27/h6,12-13,16-17,26-27H,7-11H2,1-5H3/t16-,17+,23-/m1/s1. The number of aldehydes is 1. The summed E-state index contributed by atoms with van der Waals surface area (Å²) in [5.74, 6) is 0.825. The fraction of sp³-hybridized carbons (Fsp3) is 0.565. The number of phenols is 2. The smallest absolute Gasteiger partial charge is 0.154 e. The molecule has 0 aromatic heterocycles. The average Bonchev–Trinajstić information content (AvgIpc) is 2.61. The quantitative estimate of drug-likeness (QED) is 0.536. The zero-order chi connectivity index (χ0) is 20.4. The Balaban J connectivity index is 2.11. The third-order valence-corrected chi connectivity index (χ3v) is 6.88. The summed E-state index contributed by atoms with van der Waals surface area (Å²) in [5, 5.41) is 20.4. The van der Waals surface area contributed by atoms with Crippen LogP contribution >= 0.6 is 0 Å². The molecule has 1 fully saturated rings. The molecule has 148 valence electrons. The van der Waals surface area contributed by atoms with E-state index in [2.05, 4.69) is 20.8 Å². The lowest BCUT2D eigenvalue weighted by molar-refractivity contribution is -0.132. The Labute approximate surface area is 162 Å². The molecule has 4 nitrogen and oxygen atoms in total. The van der Waals surface area contributed by atoms with Crippen LogP contribution < -0.4 is 0 Å². The number of allylic oxidation sites excluding steroid dienone is 2. The normalized spacial score (nSPS) is 26.3. The van der Waals surface area contributed by atoms with Gasteiger partial charge in [0.15, 0.2) is 6.29 Å². The molecule has 1 aliphatic carbocycles. The minimum Gasteiger partial charge on any atom is -0.508 e. The first-order valence-corrected chi connectivity index (χ1v) is 9.79. The zero-order valence-electron chi connectivity index (χ0n) is 17.1. The number of aromatic hydroxyl groups is 2. The summed E-state index contributed by atoms with van der Waals surface area (Å²) in [4.78, 5) is 23.3. The summed E-state index contributed by atoms with van der Waals surface area (Å²) in [6, 6.07) is 1.51. The minimum absolute atomic E-state index is 0.00323. The molecule has 0 radical (unpaired) electrons. The van der Waals surface area contributed by atoms with Crippen LogP contribution in [0.5, 0.6) is 11.5 Å². The molecule has 2 N–H and O–H groups in total. The van der Waals surface area contributed by atoms with Crippen LogP contribution in [0.1, 0.15) is 74.9 Å². The highest BCUT2D eigenvalue weighted by atomic mass is 16.3. The maximum absolute atomic E-state index is 12.2.